The quantitative estimate of drug-likeness (QED) is 0.703. The molecule has 1 unspecified atom stereocenters. The number of aliphatic carboxylic acids is 1. The summed E-state index contributed by atoms with van der Waals surface area (Å²) in [5, 5.41) is 8.91. The average Bonchev–Trinajstić information content (AvgIpc) is 2.95. The van der Waals surface area contributed by atoms with Gasteiger partial charge in [0.15, 0.2) is 6.10 Å². The Morgan fingerprint density at radius 2 is 2.13 bits per heavy atom. The number of ether oxygens (including phenoxy) is 2. The molecule has 1 N–H and O–H groups in total. The molecule has 0 aliphatic heterocycles. The molecular weight excluding hydrogens is 196 g/mol. The molecule has 0 spiro atoms. The van der Waals surface area contributed by atoms with Crippen molar-refractivity contribution in [2.45, 2.75) is 44.8 Å². The van der Waals surface area contributed by atoms with Crippen molar-refractivity contribution in [1.82, 2.24) is 0 Å². The number of carbonyl (C=O) groups is 1. The van der Waals surface area contributed by atoms with Crippen LogP contribution in [0.4, 0.5) is 0 Å². The van der Waals surface area contributed by atoms with Crippen molar-refractivity contribution in [1.29, 1.82) is 0 Å². The van der Waals surface area contributed by atoms with Crippen LogP contribution >= 0.6 is 0 Å². The molecule has 0 aromatic heterocycles. The number of carboxylic acid groups (broad SMARTS) is 1. The van der Waals surface area contributed by atoms with Gasteiger partial charge < -0.3 is 14.6 Å². The van der Waals surface area contributed by atoms with E-state index >= 15 is 0 Å². The maximum Gasteiger partial charge on any atom is 0.333 e. The smallest absolute Gasteiger partial charge is 0.333 e. The van der Waals surface area contributed by atoms with Crippen molar-refractivity contribution in [2.24, 2.45) is 5.92 Å². The second-order valence-electron chi connectivity index (χ2n) is 4.68. The second kappa shape index (κ2) is 4.94. The van der Waals surface area contributed by atoms with Gasteiger partial charge in [-0.25, -0.2) is 4.79 Å². The molecule has 15 heavy (non-hydrogen) atoms. The molecule has 1 aliphatic rings. The van der Waals surface area contributed by atoms with Gasteiger partial charge in [-0.05, 0) is 39.0 Å². The number of rotatable bonds is 7. The third-order valence-electron chi connectivity index (χ3n) is 2.85. The zero-order valence-corrected chi connectivity index (χ0v) is 9.66. The van der Waals surface area contributed by atoms with Crippen molar-refractivity contribution in [3.8, 4) is 0 Å². The fraction of sp³-hybridized carbons (Fsp3) is 0.909. The minimum Gasteiger partial charge on any atom is -0.479 e. The fourth-order valence-electron chi connectivity index (χ4n) is 1.34. The molecular formula is C11H20O4. The molecule has 0 amide bonds. The summed E-state index contributed by atoms with van der Waals surface area (Å²) in [4.78, 5) is 10.8. The van der Waals surface area contributed by atoms with Gasteiger partial charge in [0.25, 0.3) is 0 Å². The first-order chi connectivity index (χ1) is 6.96. The summed E-state index contributed by atoms with van der Waals surface area (Å²) < 4.78 is 10.6. The number of carboxylic acids is 1. The van der Waals surface area contributed by atoms with Gasteiger partial charge in [-0.3, -0.25) is 0 Å². The number of methoxy groups -OCH3 is 1. The van der Waals surface area contributed by atoms with Crippen LogP contribution in [0.5, 0.6) is 0 Å². The van der Waals surface area contributed by atoms with Gasteiger partial charge >= 0.3 is 5.97 Å². The van der Waals surface area contributed by atoms with Gasteiger partial charge in [0.05, 0.1) is 12.2 Å². The molecule has 1 aliphatic carbocycles. The summed E-state index contributed by atoms with van der Waals surface area (Å²) in [5.74, 6) is -0.610. The first-order valence-electron chi connectivity index (χ1n) is 5.36. The Morgan fingerprint density at radius 1 is 1.53 bits per heavy atom. The minimum absolute atomic E-state index is 0.230. The maximum atomic E-state index is 10.8. The van der Waals surface area contributed by atoms with Crippen LogP contribution in [0.1, 0.15) is 33.1 Å². The van der Waals surface area contributed by atoms with E-state index in [-0.39, 0.29) is 11.5 Å². The van der Waals surface area contributed by atoms with E-state index in [1.807, 2.05) is 13.8 Å². The van der Waals surface area contributed by atoms with E-state index in [1.165, 1.54) is 0 Å². The van der Waals surface area contributed by atoms with Crippen molar-refractivity contribution in [3.63, 3.8) is 0 Å². The molecule has 4 nitrogen and oxygen atoms in total. The van der Waals surface area contributed by atoms with Crippen molar-refractivity contribution in [2.75, 3.05) is 13.7 Å². The van der Waals surface area contributed by atoms with Crippen molar-refractivity contribution >= 4 is 5.97 Å². The Balaban J connectivity index is 2.25. The molecule has 0 heterocycles. The summed E-state index contributed by atoms with van der Waals surface area (Å²) in [6.45, 7) is 4.36. The predicted molar refractivity (Wildman–Crippen MR) is 55.8 cm³/mol. The van der Waals surface area contributed by atoms with Crippen LogP contribution in [0.25, 0.3) is 0 Å². The Labute approximate surface area is 90.6 Å². The molecule has 1 rings (SSSR count). The number of hydrogen-bond acceptors (Lipinski definition) is 3. The lowest BCUT2D eigenvalue weighted by Gasteiger charge is -2.23. The molecule has 1 fully saturated rings. The SMILES string of the molecule is COC(C)(C)CCOC(C(=O)O)C1CC1. The molecule has 0 aromatic rings. The van der Waals surface area contributed by atoms with E-state index < -0.39 is 12.1 Å². The molecule has 0 aromatic carbocycles. The van der Waals surface area contributed by atoms with E-state index in [2.05, 4.69) is 0 Å². The van der Waals surface area contributed by atoms with Gasteiger partial charge in [0, 0.05) is 7.11 Å². The Morgan fingerprint density at radius 3 is 2.53 bits per heavy atom. The van der Waals surface area contributed by atoms with Gasteiger partial charge in [0.2, 0.25) is 0 Å². The van der Waals surface area contributed by atoms with E-state index in [0.717, 1.165) is 12.8 Å². The topological polar surface area (TPSA) is 55.8 Å². The van der Waals surface area contributed by atoms with Crippen LogP contribution in [0.2, 0.25) is 0 Å². The molecule has 1 atom stereocenters. The fourth-order valence-corrected chi connectivity index (χ4v) is 1.34. The molecule has 0 bridgehead atoms. The first-order valence-corrected chi connectivity index (χ1v) is 5.36. The summed E-state index contributed by atoms with van der Waals surface area (Å²) in [6.07, 6.45) is 2.05. The highest BCUT2D eigenvalue weighted by Gasteiger charge is 2.37. The molecule has 1 saturated carbocycles. The Hall–Kier alpha value is -0.610. The van der Waals surface area contributed by atoms with E-state index in [0.29, 0.717) is 13.0 Å². The first kappa shape index (κ1) is 12.5. The molecule has 0 saturated heterocycles. The van der Waals surface area contributed by atoms with Gasteiger partial charge in [0.1, 0.15) is 0 Å². The van der Waals surface area contributed by atoms with E-state index in [4.69, 9.17) is 14.6 Å². The highest BCUT2D eigenvalue weighted by Crippen LogP contribution is 2.34. The summed E-state index contributed by atoms with van der Waals surface area (Å²) in [5.41, 5.74) is -0.243. The predicted octanol–water partition coefficient (Wildman–Crippen LogP) is 1.68. The average molecular weight is 216 g/mol. The lowest BCUT2D eigenvalue weighted by molar-refractivity contribution is -0.153. The molecule has 4 heteroatoms. The van der Waals surface area contributed by atoms with E-state index in [1.54, 1.807) is 7.11 Å². The monoisotopic (exact) mass is 216 g/mol. The van der Waals surface area contributed by atoms with Gasteiger partial charge in [-0.15, -0.1) is 0 Å². The minimum atomic E-state index is -0.840. The molecule has 88 valence electrons. The van der Waals surface area contributed by atoms with Crippen LogP contribution in [0.3, 0.4) is 0 Å². The lowest BCUT2D eigenvalue weighted by atomic mass is 10.1. The van der Waals surface area contributed by atoms with Crippen LogP contribution < -0.4 is 0 Å². The zero-order valence-electron chi connectivity index (χ0n) is 9.66. The van der Waals surface area contributed by atoms with Crippen molar-refractivity contribution in [3.05, 3.63) is 0 Å². The van der Waals surface area contributed by atoms with Crippen LogP contribution in [0.15, 0.2) is 0 Å². The van der Waals surface area contributed by atoms with Crippen LogP contribution in [-0.4, -0.2) is 36.5 Å². The largest absolute Gasteiger partial charge is 0.479 e. The maximum absolute atomic E-state index is 10.8. The Kier molecular flexibility index (Phi) is 4.11. The Bertz CT molecular complexity index is 221. The van der Waals surface area contributed by atoms with Crippen molar-refractivity contribution < 1.29 is 19.4 Å². The normalized spacial score (nSPS) is 18.9. The third-order valence-corrected chi connectivity index (χ3v) is 2.85. The molecule has 0 radical (unpaired) electrons. The summed E-state index contributed by atoms with van der Waals surface area (Å²) in [7, 11) is 1.65. The highest BCUT2D eigenvalue weighted by atomic mass is 16.5. The zero-order chi connectivity index (χ0) is 11.5. The lowest BCUT2D eigenvalue weighted by Crippen LogP contribution is -2.30. The van der Waals surface area contributed by atoms with Crippen LogP contribution in [0, 0.1) is 5.92 Å². The highest BCUT2D eigenvalue weighted by molar-refractivity contribution is 5.73. The summed E-state index contributed by atoms with van der Waals surface area (Å²) >= 11 is 0. The third kappa shape index (κ3) is 4.18. The number of hydrogen-bond donors (Lipinski definition) is 1. The second-order valence-corrected chi connectivity index (χ2v) is 4.68. The van der Waals surface area contributed by atoms with Gasteiger partial charge in [-0.1, -0.05) is 0 Å². The summed E-state index contributed by atoms with van der Waals surface area (Å²) in [6, 6.07) is 0. The van der Waals surface area contributed by atoms with E-state index in [9.17, 15) is 4.79 Å². The van der Waals surface area contributed by atoms with Crippen LogP contribution in [-0.2, 0) is 14.3 Å². The van der Waals surface area contributed by atoms with Gasteiger partial charge in [-0.2, -0.15) is 0 Å². The standard InChI is InChI=1S/C11H20O4/c1-11(2,14-3)6-7-15-9(10(12)13)8-4-5-8/h8-9H,4-7H2,1-3H3,(H,12,13).